The van der Waals surface area contributed by atoms with Crippen molar-refractivity contribution < 1.29 is 9.47 Å². The minimum absolute atomic E-state index is 0.369. The zero-order valence-electron chi connectivity index (χ0n) is 11.5. The summed E-state index contributed by atoms with van der Waals surface area (Å²) in [6.07, 6.45) is 3.52. The Morgan fingerprint density at radius 1 is 1.25 bits per heavy atom. The van der Waals surface area contributed by atoms with E-state index in [0.717, 1.165) is 28.3 Å². The Balaban J connectivity index is 1.92. The first-order chi connectivity index (χ1) is 9.63. The van der Waals surface area contributed by atoms with E-state index in [1.54, 1.807) is 17.1 Å². The van der Waals surface area contributed by atoms with Crippen molar-refractivity contribution in [2.45, 2.75) is 13.8 Å². The molecule has 0 radical (unpaired) electrons. The molecular weight excluding hydrogens is 256 g/mol. The number of nitrogens with two attached hydrogens (primary N) is 1. The first kappa shape index (κ1) is 12.5. The van der Waals surface area contributed by atoms with Gasteiger partial charge in [-0.25, -0.2) is 9.66 Å². The molecule has 0 amide bonds. The average Bonchev–Trinajstić information content (AvgIpc) is 2.74. The second kappa shape index (κ2) is 4.88. The summed E-state index contributed by atoms with van der Waals surface area (Å²) in [6.45, 7) is 5.03. The molecule has 1 aliphatic rings. The van der Waals surface area contributed by atoms with Crippen molar-refractivity contribution in [2.75, 3.05) is 18.9 Å². The second-order valence-electron chi connectivity index (χ2n) is 4.68. The number of aromatic nitrogens is 2. The van der Waals surface area contributed by atoms with E-state index in [9.17, 15) is 0 Å². The van der Waals surface area contributed by atoms with Crippen LogP contribution in [0.5, 0.6) is 11.5 Å². The third-order valence-corrected chi connectivity index (χ3v) is 3.09. The Kier molecular flexibility index (Phi) is 3.06. The second-order valence-corrected chi connectivity index (χ2v) is 4.68. The van der Waals surface area contributed by atoms with Gasteiger partial charge in [0.1, 0.15) is 13.2 Å². The van der Waals surface area contributed by atoms with Gasteiger partial charge >= 0.3 is 0 Å². The van der Waals surface area contributed by atoms with E-state index in [1.165, 1.54) is 0 Å². The number of hydrogen-bond donors (Lipinski definition) is 1. The molecule has 2 N–H and O–H groups in total. The van der Waals surface area contributed by atoms with E-state index in [1.807, 2.05) is 26.0 Å². The Hall–Kier alpha value is -2.50. The number of hydrogen-bond acceptors (Lipinski definition) is 5. The van der Waals surface area contributed by atoms with E-state index in [-0.39, 0.29) is 0 Å². The fourth-order valence-corrected chi connectivity index (χ4v) is 2.07. The van der Waals surface area contributed by atoms with Crippen LogP contribution in [0.25, 0.3) is 0 Å². The number of benzene rings is 1. The number of aryl methyl sites for hydroxylation is 2. The van der Waals surface area contributed by atoms with Crippen LogP contribution < -0.4 is 15.2 Å². The number of fused-ring (bicyclic) bond motifs is 1. The topological polar surface area (TPSA) is 74.7 Å². The molecule has 1 aromatic heterocycles. The summed E-state index contributed by atoms with van der Waals surface area (Å²) in [5.41, 5.74) is 8.60. The highest BCUT2D eigenvalue weighted by Crippen LogP contribution is 2.32. The van der Waals surface area contributed by atoms with Crippen LogP contribution >= 0.6 is 0 Å². The Bertz CT molecular complexity index is 676. The van der Waals surface area contributed by atoms with Crippen LogP contribution in [-0.2, 0) is 0 Å². The molecule has 3 rings (SSSR count). The number of nitrogen functional groups attached to an aromatic ring is 1. The predicted molar refractivity (Wildman–Crippen MR) is 76.5 cm³/mol. The van der Waals surface area contributed by atoms with Gasteiger partial charge in [-0.15, -0.1) is 0 Å². The van der Waals surface area contributed by atoms with Crippen molar-refractivity contribution in [1.82, 2.24) is 9.66 Å². The summed E-state index contributed by atoms with van der Waals surface area (Å²) in [6, 6.07) is 3.88. The third kappa shape index (κ3) is 2.32. The van der Waals surface area contributed by atoms with Gasteiger partial charge in [0.25, 0.3) is 0 Å². The maximum absolute atomic E-state index is 5.75. The highest BCUT2D eigenvalue weighted by atomic mass is 16.6. The quantitative estimate of drug-likeness (QED) is 0.845. The van der Waals surface area contributed by atoms with Crippen LogP contribution in [0.2, 0.25) is 0 Å². The normalized spacial score (nSPS) is 13.9. The molecule has 0 fully saturated rings. The largest absolute Gasteiger partial charge is 0.486 e. The van der Waals surface area contributed by atoms with Crippen molar-refractivity contribution >= 4 is 12.2 Å². The van der Waals surface area contributed by atoms with Gasteiger partial charge in [0.15, 0.2) is 11.5 Å². The lowest BCUT2D eigenvalue weighted by molar-refractivity contribution is 0.171. The highest BCUT2D eigenvalue weighted by molar-refractivity contribution is 5.83. The molecule has 0 saturated heterocycles. The third-order valence-electron chi connectivity index (χ3n) is 3.09. The number of ether oxygens (including phenoxy) is 2. The fraction of sp³-hybridized carbons (Fsp3) is 0.286. The zero-order chi connectivity index (χ0) is 14.1. The summed E-state index contributed by atoms with van der Waals surface area (Å²) in [5.74, 6) is 1.90. The monoisotopic (exact) mass is 272 g/mol. The maximum Gasteiger partial charge on any atom is 0.221 e. The molecule has 1 aromatic carbocycles. The van der Waals surface area contributed by atoms with Gasteiger partial charge in [-0.05, 0) is 31.5 Å². The van der Waals surface area contributed by atoms with Gasteiger partial charge in [0, 0.05) is 5.56 Å². The van der Waals surface area contributed by atoms with Gasteiger partial charge in [-0.2, -0.15) is 5.10 Å². The van der Waals surface area contributed by atoms with E-state index in [4.69, 9.17) is 15.2 Å². The van der Waals surface area contributed by atoms with Crippen LogP contribution in [0.3, 0.4) is 0 Å². The average molecular weight is 272 g/mol. The van der Waals surface area contributed by atoms with E-state index in [2.05, 4.69) is 10.1 Å². The molecule has 1 aliphatic heterocycles. The minimum atomic E-state index is 0.369. The summed E-state index contributed by atoms with van der Waals surface area (Å²) < 4.78 is 12.7. The smallest absolute Gasteiger partial charge is 0.221 e. The molecule has 0 saturated carbocycles. The number of anilines is 1. The molecule has 2 aromatic rings. The molecular formula is C14H16N4O2. The van der Waals surface area contributed by atoms with E-state index < -0.39 is 0 Å². The van der Waals surface area contributed by atoms with Crippen molar-refractivity contribution in [3.63, 3.8) is 0 Å². The lowest BCUT2D eigenvalue weighted by Crippen LogP contribution is -2.15. The molecule has 0 unspecified atom stereocenters. The Labute approximate surface area is 116 Å². The summed E-state index contributed by atoms with van der Waals surface area (Å²) in [5, 5.41) is 4.31. The van der Waals surface area contributed by atoms with Crippen LogP contribution in [0.15, 0.2) is 23.4 Å². The van der Waals surface area contributed by atoms with Gasteiger partial charge in [0.2, 0.25) is 5.95 Å². The first-order valence-corrected chi connectivity index (χ1v) is 6.39. The zero-order valence-corrected chi connectivity index (χ0v) is 11.5. The van der Waals surface area contributed by atoms with E-state index in [0.29, 0.717) is 19.2 Å². The molecule has 0 aliphatic carbocycles. The Morgan fingerprint density at radius 3 is 2.60 bits per heavy atom. The molecule has 6 nitrogen and oxygen atoms in total. The number of rotatable bonds is 2. The standard InChI is InChI=1S/C14H16N4O2/c1-9-5-12-13(20-4-3-19-12)6-11(9)7-16-18-8-10(2)17-14(18)15/h5-8H,3-4H2,1-2H3,(H2,15,17). The van der Waals surface area contributed by atoms with Crippen LogP contribution in [0, 0.1) is 13.8 Å². The molecule has 0 atom stereocenters. The SMILES string of the molecule is Cc1cn(N=Cc2cc3c(cc2C)OCCO3)c(N)n1. The van der Waals surface area contributed by atoms with Crippen LogP contribution in [-0.4, -0.2) is 29.1 Å². The molecule has 2 heterocycles. The van der Waals surface area contributed by atoms with Crippen molar-refractivity contribution in [2.24, 2.45) is 5.10 Å². The number of nitrogens with zero attached hydrogens (tertiary/aromatic N) is 3. The molecule has 104 valence electrons. The summed E-state index contributed by atoms with van der Waals surface area (Å²) in [7, 11) is 0. The fourth-order valence-electron chi connectivity index (χ4n) is 2.07. The molecule has 0 bridgehead atoms. The van der Waals surface area contributed by atoms with Gasteiger partial charge in [-0.3, -0.25) is 0 Å². The van der Waals surface area contributed by atoms with Gasteiger partial charge < -0.3 is 15.2 Å². The maximum atomic E-state index is 5.75. The van der Waals surface area contributed by atoms with Crippen LogP contribution in [0.1, 0.15) is 16.8 Å². The van der Waals surface area contributed by atoms with Gasteiger partial charge in [0.05, 0.1) is 18.1 Å². The van der Waals surface area contributed by atoms with Gasteiger partial charge in [-0.1, -0.05) is 0 Å². The van der Waals surface area contributed by atoms with Crippen molar-refractivity contribution in [1.29, 1.82) is 0 Å². The number of imidazole rings is 1. The lowest BCUT2D eigenvalue weighted by atomic mass is 10.1. The van der Waals surface area contributed by atoms with E-state index >= 15 is 0 Å². The molecule has 20 heavy (non-hydrogen) atoms. The first-order valence-electron chi connectivity index (χ1n) is 6.39. The van der Waals surface area contributed by atoms with Crippen molar-refractivity contribution in [3.05, 3.63) is 35.2 Å². The lowest BCUT2D eigenvalue weighted by Gasteiger charge is -2.19. The predicted octanol–water partition coefficient (Wildman–Crippen LogP) is 1.74. The molecule has 6 heteroatoms. The van der Waals surface area contributed by atoms with Crippen LogP contribution in [0.4, 0.5) is 5.95 Å². The Morgan fingerprint density at radius 2 is 1.95 bits per heavy atom. The summed E-state index contributed by atoms with van der Waals surface area (Å²) in [4.78, 5) is 4.10. The van der Waals surface area contributed by atoms with Crippen molar-refractivity contribution in [3.8, 4) is 11.5 Å². The minimum Gasteiger partial charge on any atom is -0.486 e. The summed E-state index contributed by atoms with van der Waals surface area (Å²) >= 11 is 0. The highest BCUT2D eigenvalue weighted by Gasteiger charge is 2.13. The molecule has 0 spiro atoms.